The fourth-order valence-electron chi connectivity index (χ4n) is 3.57. The highest BCUT2D eigenvalue weighted by molar-refractivity contribution is 7.86. The third-order valence-electron chi connectivity index (χ3n) is 4.59. The second-order valence-electron chi connectivity index (χ2n) is 6.36. The van der Waals surface area contributed by atoms with Crippen molar-refractivity contribution in [3.8, 4) is 0 Å². The number of amides is 1. The van der Waals surface area contributed by atoms with Gasteiger partial charge in [-0.15, -0.1) is 0 Å². The van der Waals surface area contributed by atoms with Gasteiger partial charge in [-0.3, -0.25) is 4.18 Å². The van der Waals surface area contributed by atoms with Crippen LogP contribution in [0.4, 0.5) is 4.79 Å². The molecule has 3 rings (SSSR count). The minimum absolute atomic E-state index is 0.211. The number of likely N-dealkylation sites (tertiary alicyclic amines) is 1. The molecule has 126 valence electrons. The van der Waals surface area contributed by atoms with E-state index in [4.69, 9.17) is 8.92 Å². The topological polar surface area (TPSA) is 72.9 Å². The lowest BCUT2D eigenvalue weighted by Crippen LogP contribution is -2.33. The van der Waals surface area contributed by atoms with Crippen LogP contribution >= 0.6 is 0 Å². The summed E-state index contributed by atoms with van der Waals surface area (Å²) in [7, 11) is -3.43. The highest BCUT2D eigenvalue weighted by Crippen LogP contribution is 2.54. The average Bonchev–Trinajstić information content (AvgIpc) is 2.99. The summed E-state index contributed by atoms with van der Waals surface area (Å²) in [6, 6.07) is 9.55. The maximum Gasteiger partial charge on any atom is 0.410 e. The summed E-state index contributed by atoms with van der Waals surface area (Å²) < 4.78 is 32.7. The molecule has 1 aliphatic carbocycles. The van der Waals surface area contributed by atoms with E-state index in [1.807, 2.05) is 30.3 Å². The molecule has 23 heavy (non-hydrogen) atoms. The second-order valence-corrected chi connectivity index (χ2v) is 7.96. The Morgan fingerprint density at radius 1 is 1.26 bits per heavy atom. The molecule has 2 fully saturated rings. The van der Waals surface area contributed by atoms with Crippen molar-refractivity contribution in [2.24, 2.45) is 17.8 Å². The second kappa shape index (κ2) is 6.13. The van der Waals surface area contributed by atoms with Crippen LogP contribution in [0, 0.1) is 17.8 Å². The lowest BCUT2D eigenvalue weighted by atomic mass is 10.2. The van der Waals surface area contributed by atoms with Gasteiger partial charge >= 0.3 is 6.09 Å². The summed E-state index contributed by atoms with van der Waals surface area (Å²) in [6.07, 6.45) is 0.425. The molecule has 2 unspecified atom stereocenters. The summed E-state index contributed by atoms with van der Waals surface area (Å²) in [5.74, 6) is 0.843. The molecule has 1 heterocycles. The maximum absolute atomic E-state index is 12.1. The highest BCUT2D eigenvalue weighted by atomic mass is 32.2. The number of hydrogen-bond acceptors (Lipinski definition) is 5. The van der Waals surface area contributed by atoms with Gasteiger partial charge in [-0.2, -0.15) is 8.42 Å². The molecule has 1 amide bonds. The zero-order valence-electron chi connectivity index (χ0n) is 13.2. The zero-order chi connectivity index (χ0) is 16.6. The van der Waals surface area contributed by atoms with Crippen molar-refractivity contribution in [3.05, 3.63) is 35.9 Å². The van der Waals surface area contributed by atoms with Crippen LogP contribution in [0.15, 0.2) is 30.3 Å². The third-order valence-corrected chi connectivity index (χ3v) is 5.25. The molecular formula is C16H21NO5S. The van der Waals surface area contributed by atoms with Crippen molar-refractivity contribution >= 4 is 16.2 Å². The quantitative estimate of drug-likeness (QED) is 0.766. The van der Waals surface area contributed by atoms with Gasteiger partial charge in [-0.05, 0) is 30.2 Å². The Hall–Kier alpha value is -1.60. The van der Waals surface area contributed by atoms with E-state index in [0.29, 0.717) is 24.9 Å². The molecule has 0 spiro atoms. The van der Waals surface area contributed by atoms with Crippen LogP contribution in [0.1, 0.15) is 12.5 Å². The van der Waals surface area contributed by atoms with E-state index < -0.39 is 10.1 Å². The van der Waals surface area contributed by atoms with E-state index in [1.54, 1.807) is 11.8 Å². The fourth-order valence-corrected chi connectivity index (χ4v) is 4.25. The Morgan fingerprint density at radius 3 is 2.43 bits per heavy atom. The lowest BCUT2D eigenvalue weighted by Gasteiger charge is -2.21. The van der Waals surface area contributed by atoms with Crippen molar-refractivity contribution in [2.75, 3.05) is 19.3 Å². The van der Waals surface area contributed by atoms with Gasteiger partial charge in [0.1, 0.15) is 6.61 Å². The monoisotopic (exact) mass is 339 g/mol. The van der Waals surface area contributed by atoms with Crippen LogP contribution in [0.5, 0.6) is 0 Å². The Balaban J connectivity index is 1.45. The minimum atomic E-state index is -3.43. The van der Waals surface area contributed by atoms with Gasteiger partial charge in [0.2, 0.25) is 0 Å². The SMILES string of the molecule is CC(OS(C)(=O)=O)C1[C@H]2CN(C(=O)OCc3ccccc3)C[C@@H]12. The van der Waals surface area contributed by atoms with Crippen LogP contribution in [0.25, 0.3) is 0 Å². The Labute approximate surface area is 136 Å². The number of hydrogen-bond donors (Lipinski definition) is 0. The molecule has 7 heteroatoms. The number of fused-ring (bicyclic) bond motifs is 1. The van der Waals surface area contributed by atoms with Gasteiger partial charge in [0.15, 0.2) is 0 Å². The van der Waals surface area contributed by atoms with Crippen LogP contribution in [0.3, 0.4) is 0 Å². The molecule has 0 bridgehead atoms. The summed E-state index contributed by atoms with van der Waals surface area (Å²) in [5.41, 5.74) is 0.957. The molecule has 1 saturated heterocycles. The van der Waals surface area contributed by atoms with Gasteiger partial charge < -0.3 is 9.64 Å². The maximum atomic E-state index is 12.1. The number of piperidine rings is 1. The van der Waals surface area contributed by atoms with Crippen LogP contribution in [-0.4, -0.2) is 44.9 Å². The van der Waals surface area contributed by atoms with Crippen LogP contribution < -0.4 is 0 Å². The Kier molecular flexibility index (Phi) is 4.33. The summed E-state index contributed by atoms with van der Waals surface area (Å²) in [4.78, 5) is 13.8. The van der Waals surface area contributed by atoms with Crippen LogP contribution in [-0.2, 0) is 25.6 Å². The molecule has 1 aromatic rings. The van der Waals surface area contributed by atoms with E-state index in [1.165, 1.54) is 0 Å². The molecule has 4 atom stereocenters. The van der Waals surface area contributed by atoms with E-state index in [2.05, 4.69) is 0 Å². The first kappa shape index (κ1) is 16.3. The molecule has 1 saturated carbocycles. The lowest BCUT2D eigenvalue weighted by molar-refractivity contribution is 0.0937. The van der Waals surface area contributed by atoms with Crippen LogP contribution in [0.2, 0.25) is 0 Å². The number of benzene rings is 1. The van der Waals surface area contributed by atoms with E-state index >= 15 is 0 Å². The summed E-state index contributed by atoms with van der Waals surface area (Å²) in [5, 5.41) is 0. The molecule has 0 N–H and O–H groups in total. The van der Waals surface area contributed by atoms with Gasteiger partial charge in [-0.25, -0.2) is 4.79 Å². The predicted molar refractivity (Wildman–Crippen MR) is 84.1 cm³/mol. The van der Waals surface area contributed by atoms with Crippen molar-refractivity contribution in [1.29, 1.82) is 0 Å². The first-order chi connectivity index (χ1) is 10.8. The highest BCUT2D eigenvalue weighted by Gasteiger charge is 2.59. The van der Waals surface area contributed by atoms with E-state index in [0.717, 1.165) is 11.8 Å². The smallest absolute Gasteiger partial charge is 0.410 e. The molecule has 2 aliphatic rings. The van der Waals surface area contributed by atoms with Gasteiger partial charge in [0, 0.05) is 13.1 Å². The first-order valence-corrected chi connectivity index (χ1v) is 9.50. The predicted octanol–water partition coefficient (Wildman–Crippen LogP) is 1.87. The average molecular weight is 339 g/mol. The largest absolute Gasteiger partial charge is 0.445 e. The number of carbonyl (C=O) groups is 1. The van der Waals surface area contributed by atoms with E-state index in [-0.39, 0.29) is 24.7 Å². The normalized spacial score (nSPS) is 27.4. The number of rotatable bonds is 5. The Bertz CT molecular complexity index is 663. The third kappa shape index (κ3) is 3.84. The van der Waals surface area contributed by atoms with Crippen molar-refractivity contribution in [3.63, 3.8) is 0 Å². The molecule has 0 aromatic heterocycles. The molecule has 6 nitrogen and oxygen atoms in total. The minimum Gasteiger partial charge on any atom is -0.445 e. The fraction of sp³-hybridized carbons (Fsp3) is 0.562. The molecule has 0 radical (unpaired) electrons. The van der Waals surface area contributed by atoms with Gasteiger partial charge in [0.25, 0.3) is 10.1 Å². The summed E-state index contributed by atoms with van der Waals surface area (Å²) >= 11 is 0. The van der Waals surface area contributed by atoms with Gasteiger partial charge in [0.05, 0.1) is 12.4 Å². The number of ether oxygens (including phenoxy) is 1. The van der Waals surface area contributed by atoms with E-state index in [9.17, 15) is 13.2 Å². The van der Waals surface area contributed by atoms with Gasteiger partial charge in [-0.1, -0.05) is 30.3 Å². The number of carbonyl (C=O) groups excluding carboxylic acids is 1. The molecular weight excluding hydrogens is 318 g/mol. The number of nitrogens with zero attached hydrogens (tertiary/aromatic N) is 1. The molecule has 1 aliphatic heterocycles. The summed E-state index contributed by atoms with van der Waals surface area (Å²) in [6.45, 7) is 3.27. The van der Waals surface area contributed by atoms with Crippen molar-refractivity contribution in [1.82, 2.24) is 4.90 Å². The van der Waals surface area contributed by atoms with Crippen molar-refractivity contribution < 1.29 is 22.1 Å². The Morgan fingerprint density at radius 2 is 1.87 bits per heavy atom. The van der Waals surface area contributed by atoms with Crippen molar-refractivity contribution in [2.45, 2.75) is 19.6 Å². The zero-order valence-corrected chi connectivity index (χ0v) is 14.0. The first-order valence-electron chi connectivity index (χ1n) is 7.69. The standard InChI is InChI=1S/C16H21NO5S/c1-11(22-23(2,19)20)15-13-8-17(9-14(13)15)16(18)21-10-12-6-4-3-5-7-12/h3-7,11,13-15H,8-10H2,1-2H3/t11?,13-,14+,15?. The molecule has 1 aromatic carbocycles.